The Bertz CT molecular complexity index is 140. The molecule has 0 N–H and O–H groups in total. The molecule has 0 aliphatic heterocycles. The van der Waals surface area contributed by atoms with E-state index >= 15 is 0 Å². The van der Waals surface area contributed by atoms with E-state index in [-0.39, 0.29) is 0 Å². The normalized spacial score (nSPS) is 12.0. The topological polar surface area (TPSA) is 3.24 Å². The molecule has 0 aliphatic rings. The van der Waals surface area contributed by atoms with Gasteiger partial charge in [-0.3, -0.25) is 0 Å². The summed E-state index contributed by atoms with van der Waals surface area (Å²) in [6, 6.07) is 0. The monoisotopic (exact) mass is 277 g/mol. The predicted octanol–water partition coefficient (Wildman–Crippen LogP) is 4.35. The fourth-order valence-electron chi connectivity index (χ4n) is 2.07. The van der Waals surface area contributed by atoms with Crippen LogP contribution in [0.1, 0.15) is 34.6 Å². The highest BCUT2D eigenvalue weighted by molar-refractivity contribution is 7.57. The molecule has 0 bridgehead atoms. The van der Waals surface area contributed by atoms with E-state index in [1.807, 2.05) is 0 Å². The molecule has 104 valence electrons. The van der Waals surface area contributed by atoms with Crippen molar-refractivity contribution in [3.63, 3.8) is 0 Å². The second kappa shape index (κ2) is 11.9. The van der Waals surface area contributed by atoms with E-state index in [1.54, 1.807) is 0 Å². The summed E-state index contributed by atoms with van der Waals surface area (Å²) >= 11 is 0. The van der Waals surface area contributed by atoms with Crippen LogP contribution in [0.5, 0.6) is 0 Å². The average molecular weight is 277 g/mol. The lowest BCUT2D eigenvalue weighted by Crippen LogP contribution is -2.29. The molecule has 0 heterocycles. The Hall–Kier alpha value is 0.820. The van der Waals surface area contributed by atoms with Crippen LogP contribution in [0.4, 0.5) is 0 Å². The minimum absolute atomic E-state index is 0.336. The van der Waals surface area contributed by atoms with Crippen LogP contribution in [0, 0.1) is 0 Å². The van der Waals surface area contributed by atoms with Crippen molar-refractivity contribution < 1.29 is 0 Å². The number of nitrogens with zero attached hydrogens (tertiary/aromatic N) is 1. The molecular formula is C14H33NP2. The lowest BCUT2D eigenvalue weighted by Gasteiger charge is -2.25. The summed E-state index contributed by atoms with van der Waals surface area (Å²) in [6.45, 7) is 15.7. The summed E-state index contributed by atoms with van der Waals surface area (Å²) in [6.07, 6.45) is 8.60. The molecule has 0 unspecified atom stereocenters. The van der Waals surface area contributed by atoms with E-state index in [0.717, 1.165) is 0 Å². The van der Waals surface area contributed by atoms with E-state index in [9.17, 15) is 0 Å². The van der Waals surface area contributed by atoms with Gasteiger partial charge >= 0.3 is 0 Å². The van der Waals surface area contributed by atoms with Crippen molar-refractivity contribution in [1.29, 1.82) is 0 Å². The van der Waals surface area contributed by atoms with Crippen molar-refractivity contribution >= 4 is 15.8 Å². The molecule has 0 aromatic carbocycles. The van der Waals surface area contributed by atoms with Crippen LogP contribution in [-0.2, 0) is 0 Å². The Balaban J connectivity index is 3.82. The summed E-state index contributed by atoms with van der Waals surface area (Å²) in [7, 11) is 0.672. The molecule has 0 spiro atoms. The van der Waals surface area contributed by atoms with Crippen LogP contribution < -0.4 is 0 Å². The van der Waals surface area contributed by atoms with Gasteiger partial charge in [-0.15, -0.1) is 15.8 Å². The van der Waals surface area contributed by atoms with E-state index in [0.29, 0.717) is 15.8 Å². The van der Waals surface area contributed by atoms with Gasteiger partial charge in [0.15, 0.2) is 0 Å². The summed E-state index contributed by atoms with van der Waals surface area (Å²) in [5.74, 6) is 0. The molecule has 0 aliphatic carbocycles. The van der Waals surface area contributed by atoms with Crippen molar-refractivity contribution in [2.45, 2.75) is 34.6 Å². The van der Waals surface area contributed by atoms with E-state index in [1.165, 1.54) is 56.6 Å². The highest BCUT2D eigenvalue weighted by atomic mass is 31.1. The number of hydrogen-bond acceptors (Lipinski definition) is 1. The molecular weight excluding hydrogens is 244 g/mol. The van der Waals surface area contributed by atoms with Gasteiger partial charge in [-0.05, 0) is 43.5 Å². The fraction of sp³-hybridized carbons (Fsp3) is 1.00. The van der Waals surface area contributed by atoms with Crippen molar-refractivity contribution in [3.05, 3.63) is 0 Å². The molecule has 1 nitrogen and oxygen atoms in total. The van der Waals surface area contributed by atoms with Gasteiger partial charge in [0.25, 0.3) is 0 Å². The van der Waals surface area contributed by atoms with Crippen LogP contribution in [0.2, 0.25) is 0 Å². The first kappa shape index (κ1) is 17.8. The quantitative estimate of drug-likeness (QED) is 0.507. The first-order valence-electron chi connectivity index (χ1n) is 7.38. The zero-order valence-corrected chi connectivity index (χ0v) is 14.5. The Kier molecular flexibility index (Phi) is 12.5. The first-order valence-corrected chi connectivity index (χ1v) is 11.2. The standard InChI is InChI=1S/C14H33NP2/c1-6-15(11-13-16(7-2)8-3)12-14-17(9-4)10-5/h6-14H2,1-5H3. The summed E-state index contributed by atoms with van der Waals surface area (Å²) < 4.78 is 0. The molecule has 0 amide bonds. The highest BCUT2D eigenvalue weighted by Gasteiger charge is 2.09. The third-order valence-corrected chi connectivity index (χ3v) is 8.94. The van der Waals surface area contributed by atoms with Crippen LogP contribution in [-0.4, -0.2) is 61.5 Å². The molecule has 17 heavy (non-hydrogen) atoms. The maximum Gasteiger partial charge on any atom is 0.00207 e. The first-order chi connectivity index (χ1) is 8.21. The minimum atomic E-state index is 0.336. The second-order valence-corrected chi connectivity index (χ2v) is 10.6. The maximum absolute atomic E-state index is 2.68. The third-order valence-electron chi connectivity index (χ3n) is 3.70. The molecule has 0 saturated heterocycles. The molecule has 0 radical (unpaired) electrons. The zero-order valence-electron chi connectivity index (χ0n) is 12.7. The van der Waals surface area contributed by atoms with Gasteiger partial charge in [-0.25, -0.2) is 0 Å². The highest BCUT2D eigenvalue weighted by Crippen LogP contribution is 2.35. The van der Waals surface area contributed by atoms with Crippen molar-refractivity contribution in [3.8, 4) is 0 Å². The van der Waals surface area contributed by atoms with Crippen LogP contribution in [0.25, 0.3) is 0 Å². The van der Waals surface area contributed by atoms with Crippen LogP contribution >= 0.6 is 15.8 Å². The molecule has 0 aromatic rings. The van der Waals surface area contributed by atoms with Gasteiger partial charge in [0.05, 0.1) is 0 Å². The van der Waals surface area contributed by atoms with Gasteiger partial charge < -0.3 is 4.90 Å². The lowest BCUT2D eigenvalue weighted by molar-refractivity contribution is 0.325. The van der Waals surface area contributed by atoms with Crippen molar-refractivity contribution in [2.75, 3.05) is 56.6 Å². The largest absolute Gasteiger partial charge is 0.303 e. The molecule has 0 fully saturated rings. The number of hydrogen-bond donors (Lipinski definition) is 0. The fourth-order valence-corrected chi connectivity index (χ4v) is 5.36. The van der Waals surface area contributed by atoms with Crippen LogP contribution in [0.15, 0.2) is 0 Å². The Morgan fingerprint density at radius 2 is 1.00 bits per heavy atom. The lowest BCUT2D eigenvalue weighted by atomic mass is 10.5. The SMILES string of the molecule is CCN(CCP(CC)CC)CCP(CC)CC. The third kappa shape index (κ3) is 8.52. The smallest absolute Gasteiger partial charge is 0.00207 e. The average Bonchev–Trinajstić information content (AvgIpc) is 2.38. The number of rotatable bonds is 11. The summed E-state index contributed by atoms with van der Waals surface area (Å²) in [4.78, 5) is 2.68. The van der Waals surface area contributed by atoms with Gasteiger partial charge in [0.1, 0.15) is 0 Å². The second-order valence-electron chi connectivity index (χ2n) is 4.49. The molecule has 3 heteroatoms. The van der Waals surface area contributed by atoms with E-state index < -0.39 is 0 Å². The molecule has 0 aromatic heterocycles. The van der Waals surface area contributed by atoms with Crippen molar-refractivity contribution in [2.24, 2.45) is 0 Å². The molecule has 0 rings (SSSR count). The predicted molar refractivity (Wildman–Crippen MR) is 87.9 cm³/mol. The minimum Gasteiger partial charge on any atom is -0.303 e. The van der Waals surface area contributed by atoms with Crippen LogP contribution in [0.3, 0.4) is 0 Å². The van der Waals surface area contributed by atoms with E-state index in [4.69, 9.17) is 0 Å². The van der Waals surface area contributed by atoms with Gasteiger partial charge in [0, 0.05) is 13.1 Å². The van der Waals surface area contributed by atoms with E-state index in [2.05, 4.69) is 39.5 Å². The zero-order chi connectivity index (χ0) is 13.1. The molecule has 0 saturated carbocycles. The van der Waals surface area contributed by atoms with Gasteiger partial charge in [0.2, 0.25) is 0 Å². The maximum atomic E-state index is 2.68. The van der Waals surface area contributed by atoms with Gasteiger partial charge in [-0.1, -0.05) is 34.6 Å². The van der Waals surface area contributed by atoms with Crippen molar-refractivity contribution in [1.82, 2.24) is 4.90 Å². The Morgan fingerprint density at radius 1 is 0.647 bits per heavy atom. The molecule has 0 atom stereocenters. The Labute approximate surface area is 112 Å². The Morgan fingerprint density at radius 3 is 1.24 bits per heavy atom. The summed E-state index contributed by atoms with van der Waals surface area (Å²) in [5.41, 5.74) is 0. The van der Waals surface area contributed by atoms with Gasteiger partial charge in [-0.2, -0.15) is 0 Å². The summed E-state index contributed by atoms with van der Waals surface area (Å²) in [5, 5.41) is 0.